The molecule has 1 atom stereocenters. The largest absolute Gasteiger partial charge is 0.491 e. The zero-order valence-corrected chi connectivity index (χ0v) is 8.41. The molecule has 0 aliphatic heterocycles. The molecule has 0 saturated carbocycles. The Kier molecular flexibility index (Phi) is 3.56. The summed E-state index contributed by atoms with van der Waals surface area (Å²) in [5.41, 5.74) is 0. The van der Waals surface area contributed by atoms with Crippen molar-refractivity contribution < 1.29 is 9.84 Å². The van der Waals surface area contributed by atoms with Crippen LogP contribution in [0, 0.1) is 0 Å². The summed E-state index contributed by atoms with van der Waals surface area (Å²) < 4.78 is 6.27. The number of rotatable bonds is 3. The van der Waals surface area contributed by atoms with E-state index in [1.54, 1.807) is 6.92 Å². The summed E-state index contributed by atoms with van der Waals surface area (Å²) in [5.74, 6) is 0.777. The second-order valence-corrected chi connectivity index (χ2v) is 3.53. The lowest BCUT2D eigenvalue weighted by atomic mass is 10.3. The van der Waals surface area contributed by atoms with Gasteiger partial charge in [-0.05, 0) is 31.2 Å². The molecule has 0 unspecified atom stereocenters. The van der Waals surface area contributed by atoms with E-state index in [1.807, 2.05) is 24.3 Å². The first kappa shape index (κ1) is 9.55. The van der Waals surface area contributed by atoms with Crippen LogP contribution in [0.15, 0.2) is 28.7 Å². The fraction of sp³-hybridized carbons (Fsp3) is 0.333. The van der Waals surface area contributed by atoms with Gasteiger partial charge in [0.05, 0.1) is 6.10 Å². The van der Waals surface area contributed by atoms with E-state index in [4.69, 9.17) is 9.84 Å². The van der Waals surface area contributed by atoms with Gasteiger partial charge in [-0.1, -0.05) is 15.9 Å². The lowest BCUT2D eigenvalue weighted by Crippen LogP contribution is -2.12. The molecule has 3 heteroatoms. The minimum Gasteiger partial charge on any atom is -0.491 e. The van der Waals surface area contributed by atoms with Crippen molar-refractivity contribution in [2.24, 2.45) is 0 Å². The van der Waals surface area contributed by atoms with Crippen LogP contribution in [0.2, 0.25) is 0 Å². The first-order valence-corrected chi connectivity index (χ1v) is 4.54. The van der Waals surface area contributed by atoms with Gasteiger partial charge in [0.25, 0.3) is 0 Å². The average Bonchev–Trinajstić information content (AvgIpc) is 2.03. The molecule has 0 spiro atoms. The molecule has 1 N–H and O–H groups in total. The molecular formula is C9H11BrO2. The van der Waals surface area contributed by atoms with Crippen LogP contribution in [0.1, 0.15) is 6.92 Å². The maximum absolute atomic E-state index is 8.93. The zero-order valence-electron chi connectivity index (χ0n) is 6.83. The van der Waals surface area contributed by atoms with Crippen molar-refractivity contribution in [3.05, 3.63) is 28.7 Å². The van der Waals surface area contributed by atoms with E-state index in [0.717, 1.165) is 10.2 Å². The van der Waals surface area contributed by atoms with Crippen molar-refractivity contribution in [3.8, 4) is 5.75 Å². The van der Waals surface area contributed by atoms with E-state index in [0.29, 0.717) is 6.61 Å². The summed E-state index contributed by atoms with van der Waals surface area (Å²) in [5, 5.41) is 8.93. The number of aliphatic hydroxyl groups is 1. The Morgan fingerprint density at radius 3 is 2.50 bits per heavy atom. The molecule has 0 fully saturated rings. The molecular weight excluding hydrogens is 220 g/mol. The minimum absolute atomic E-state index is 0.335. The van der Waals surface area contributed by atoms with Crippen LogP contribution < -0.4 is 4.74 Å². The second-order valence-electron chi connectivity index (χ2n) is 2.61. The van der Waals surface area contributed by atoms with Crippen molar-refractivity contribution in [1.82, 2.24) is 0 Å². The smallest absolute Gasteiger partial charge is 0.119 e. The van der Waals surface area contributed by atoms with Crippen LogP contribution in [-0.2, 0) is 0 Å². The fourth-order valence-corrected chi connectivity index (χ4v) is 1.01. The first-order chi connectivity index (χ1) is 5.68. The maximum Gasteiger partial charge on any atom is 0.119 e. The molecule has 0 bridgehead atoms. The summed E-state index contributed by atoms with van der Waals surface area (Å²) in [6, 6.07) is 7.51. The quantitative estimate of drug-likeness (QED) is 0.864. The topological polar surface area (TPSA) is 29.5 Å². The van der Waals surface area contributed by atoms with E-state index < -0.39 is 6.10 Å². The average molecular weight is 231 g/mol. The third-order valence-electron chi connectivity index (χ3n) is 1.30. The van der Waals surface area contributed by atoms with Crippen LogP contribution in [-0.4, -0.2) is 17.8 Å². The van der Waals surface area contributed by atoms with Gasteiger partial charge < -0.3 is 9.84 Å². The Hall–Kier alpha value is -0.540. The molecule has 1 aromatic carbocycles. The Morgan fingerprint density at radius 2 is 2.00 bits per heavy atom. The van der Waals surface area contributed by atoms with Gasteiger partial charge in [-0.15, -0.1) is 0 Å². The van der Waals surface area contributed by atoms with Crippen molar-refractivity contribution in [1.29, 1.82) is 0 Å². The van der Waals surface area contributed by atoms with Gasteiger partial charge in [0.2, 0.25) is 0 Å². The van der Waals surface area contributed by atoms with E-state index in [2.05, 4.69) is 15.9 Å². The standard InChI is InChI=1S/C9H11BrO2/c1-7(11)6-12-9-4-2-8(10)3-5-9/h2-5,7,11H,6H2,1H3/t7-/m0/s1. The number of halogens is 1. The molecule has 0 aliphatic carbocycles. The normalized spacial score (nSPS) is 12.6. The predicted molar refractivity (Wildman–Crippen MR) is 51.3 cm³/mol. The summed E-state index contributed by atoms with van der Waals surface area (Å²) >= 11 is 3.32. The second kappa shape index (κ2) is 4.48. The summed E-state index contributed by atoms with van der Waals surface area (Å²) in [6.07, 6.45) is -0.423. The number of hydrogen-bond acceptors (Lipinski definition) is 2. The van der Waals surface area contributed by atoms with Crippen molar-refractivity contribution >= 4 is 15.9 Å². The fourth-order valence-electron chi connectivity index (χ4n) is 0.748. The monoisotopic (exact) mass is 230 g/mol. The van der Waals surface area contributed by atoms with E-state index in [9.17, 15) is 0 Å². The van der Waals surface area contributed by atoms with Gasteiger partial charge in [0, 0.05) is 4.47 Å². The Balaban J connectivity index is 2.48. The van der Waals surface area contributed by atoms with Crippen molar-refractivity contribution in [2.45, 2.75) is 13.0 Å². The predicted octanol–water partition coefficient (Wildman–Crippen LogP) is 2.21. The molecule has 2 nitrogen and oxygen atoms in total. The highest BCUT2D eigenvalue weighted by molar-refractivity contribution is 9.10. The highest BCUT2D eigenvalue weighted by Crippen LogP contribution is 2.15. The van der Waals surface area contributed by atoms with Crippen molar-refractivity contribution in [3.63, 3.8) is 0 Å². The summed E-state index contributed by atoms with van der Waals surface area (Å²) in [6.45, 7) is 2.03. The lowest BCUT2D eigenvalue weighted by molar-refractivity contribution is 0.122. The molecule has 0 aromatic heterocycles. The lowest BCUT2D eigenvalue weighted by Gasteiger charge is -2.07. The number of aliphatic hydroxyl groups excluding tert-OH is 1. The molecule has 0 heterocycles. The maximum atomic E-state index is 8.93. The summed E-state index contributed by atoms with van der Waals surface area (Å²) in [4.78, 5) is 0. The van der Waals surface area contributed by atoms with Crippen LogP contribution in [0.3, 0.4) is 0 Å². The van der Waals surface area contributed by atoms with Crippen LogP contribution >= 0.6 is 15.9 Å². The molecule has 1 rings (SSSR count). The highest BCUT2D eigenvalue weighted by Gasteiger charge is 1.96. The highest BCUT2D eigenvalue weighted by atomic mass is 79.9. The molecule has 12 heavy (non-hydrogen) atoms. The molecule has 0 aliphatic rings. The van der Waals surface area contributed by atoms with E-state index >= 15 is 0 Å². The Morgan fingerprint density at radius 1 is 1.42 bits per heavy atom. The van der Waals surface area contributed by atoms with Gasteiger partial charge in [-0.2, -0.15) is 0 Å². The molecule has 66 valence electrons. The number of ether oxygens (including phenoxy) is 1. The summed E-state index contributed by atoms with van der Waals surface area (Å²) in [7, 11) is 0. The van der Waals surface area contributed by atoms with E-state index in [-0.39, 0.29) is 0 Å². The van der Waals surface area contributed by atoms with Gasteiger partial charge in [0.15, 0.2) is 0 Å². The zero-order chi connectivity index (χ0) is 8.97. The van der Waals surface area contributed by atoms with Crippen molar-refractivity contribution in [2.75, 3.05) is 6.61 Å². The van der Waals surface area contributed by atoms with Crippen LogP contribution in [0.4, 0.5) is 0 Å². The molecule has 0 amide bonds. The van der Waals surface area contributed by atoms with Gasteiger partial charge in [-0.3, -0.25) is 0 Å². The number of hydrogen-bond donors (Lipinski definition) is 1. The van der Waals surface area contributed by atoms with Crippen LogP contribution in [0.25, 0.3) is 0 Å². The first-order valence-electron chi connectivity index (χ1n) is 3.75. The Labute approximate surface area is 80.3 Å². The third kappa shape index (κ3) is 3.24. The number of benzene rings is 1. The molecule has 1 aromatic rings. The third-order valence-corrected chi connectivity index (χ3v) is 1.83. The van der Waals surface area contributed by atoms with Gasteiger partial charge in [-0.25, -0.2) is 0 Å². The SMILES string of the molecule is C[C@H](O)COc1ccc(Br)cc1. The van der Waals surface area contributed by atoms with Crippen LogP contribution in [0.5, 0.6) is 5.75 Å². The molecule has 0 saturated heterocycles. The van der Waals surface area contributed by atoms with Gasteiger partial charge >= 0.3 is 0 Å². The van der Waals surface area contributed by atoms with E-state index in [1.165, 1.54) is 0 Å². The molecule has 0 radical (unpaired) electrons. The van der Waals surface area contributed by atoms with Gasteiger partial charge in [0.1, 0.15) is 12.4 Å². The Bertz CT molecular complexity index is 231. The minimum atomic E-state index is -0.423.